The van der Waals surface area contributed by atoms with Crippen molar-refractivity contribution in [3.63, 3.8) is 0 Å². The molecule has 4 nitrogen and oxygen atoms in total. The molecule has 0 bridgehead atoms. The average Bonchev–Trinajstić information content (AvgIpc) is 3.96. The fourth-order valence-electron chi connectivity index (χ4n) is 14.0. The lowest BCUT2D eigenvalue weighted by Gasteiger charge is -2.39. The number of anilines is 3. The first kappa shape index (κ1) is 43.0. The Kier molecular flexibility index (Phi) is 10.3. The summed E-state index contributed by atoms with van der Waals surface area (Å²) in [5, 5.41) is 8.95. The van der Waals surface area contributed by atoms with E-state index in [9.17, 15) is 0 Å². The molecule has 1 aliphatic heterocycles. The fourth-order valence-corrected chi connectivity index (χ4v) is 14.0. The maximum Gasteiger partial charge on any atom is 0.159 e. The molecule has 2 fully saturated rings. The quantitative estimate of drug-likeness (QED) is 0.152. The number of para-hydroxylation sites is 3. The van der Waals surface area contributed by atoms with Gasteiger partial charge in [0, 0.05) is 44.0 Å². The van der Waals surface area contributed by atoms with Crippen LogP contribution in [0.1, 0.15) is 131 Å². The van der Waals surface area contributed by atoms with E-state index in [0.717, 1.165) is 47.6 Å². The molecule has 2 saturated carbocycles. The minimum Gasteiger partial charge on any atom is -0.482 e. The van der Waals surface area contributed by atoms with Gasteiger partial charge in [-0.2, -0.15) is 0 Å². The van der Waals surface area contributed by atoms with E-state index in [2.05, 4.69) is 182 Å². The van der Waals surface area contributed by atoms with Gasteiger partial charge in [0.1, 0.15) is 11.3 Å². The van der Waals surface area contributed by atoms with Crippen LogP contribution >= 0.6 is 0 Å². The first-order valence-corrected chi connectivity index (χ1v) is 27.1. The van der Waals surface area contributed by atoms with E-state index in [1.165, 1.54) is 152 Å². The van der Waals surface area contributed by atoms with Crippen LogP contribution in [0, 0.1) is 12.8 Å². The summed E-state index contributed by atoms with van der Waals surface area (Å²) in [7, 11) is 0. The smallest absolute Gasteiger partial charge is 0.159 e. The molecule has 1 aromatic heterocycles. The van der Waals surface area contributed by atoms with Gasteiger partial charge in [-0.25, -0.2) is 0 Å². The number of benzene rings is 7. The van der Waals surface area contributed by atoms with E-state index in [1.54, 1.807) is 0 Å². The van der Waals surface area contributed by atoms with E-state index in [0.29, 0.717) is 17.8 Å². The van der Waals surface area contributed by atoms with Crippen molar-refractivity contribution in [1.82, 2.24) is 0 Å². The van der Waals surface area contributed by atoms with Gasteiger partial charge in [0.15, 0.2) is 11.7 Å². The number of rotatable bonds is 8. The summed E-state index contributed by atoms with van der Waals surface area (Å²) >= 11 is 0. The van der Waals surface area contributed by atoms with Gasteiger partial charge in [0.05, 0.1) is 22.5 Å². The van der Waals surface area contributed by atoms with Crippen LogP contribution in [0.3, 0.4) is 0 Å². The number of nitrogens with zero attached hydrogens (tertiary/aromatic N) is 2. The SMILES string of the molecule is Cc1ccc(N(C2=c3ccc4ccc(N(C5=CCC(C)C=C5)C5=CC=CC6(C)c7cccc(C8CCCCC8)c7OC56)c5ccc(c3c45)CC2)c2cccc3c2oc2c(C4CCCCC4)cccc23)cc1. The molecule has 4 heteroatoms. The first-order chi connectivity index (χ1) is 34.9. The van der Waals surface area contributed by atoms with Crippen molar-refractivity contribution < 1.29 is 9.15 Å². The van der Waals surface area contributed by atoms with Crippen LogP contribution < -0.4 is 19.8 Å². The van der Waals surface area contributed by atoms with Crippen molar-refractivity contribution in [3.05, 3.63) is 196 Å². The highest BCUT2D eigenvalue weighted by Crippen LogP contribution is 2.54. The maximum atomic E-state index is 7.45. The molecule has 0 saturated heterocycles. The Morgan fingerprint density at radius 2 is 1.37 bits per heavy atom. The van der Waals surface area contributed by atoms with Gasteiger partial charge in [0.25, 0.3) is 0 Å². The second kappa shape index (κ2) is 16.9. The van der Waals surface area contributed by atoms with Crippen molar-refractivity contribution >= 4 is 66.2 Å². The average molecular weight is 929 g/mol. The van der Waals surface area contributed by atoms with Crippen LogP contribution in [0.15, 0.2) is 168 Å². The van der Waals surface area contributed by atoms with Crippen LogP contribution in [0.4, 0.5) is 17.1 Å². The molecule has 8 aromatic rings. The van der Waals surface area contributed by atoms with Crippen LogP contribution in [-0.2, 0) is 11.8 Å². The highest BCUT2D eigenvalue weighted by molar-refractivity contribution is 6.17. The molecule has 2 heterocycles. The predicted octanol–water partition coefficient (Wildman–Crippen LogP) is 17.4. The monoisotopic (exact) mass is 928 g/mol. The van der Waals surface area contributed by atoms with Crippen LogP contribution in [0.2, 0.25) is 0 Å². The number of ether oxygens (including phenoxy) is 1. The van der Waals surface area contributed by atoms with Gasteiger partial charge in [-0.05, 0) is 146 Å². The Balaban J connectivity index is 0.957. The Hall–Kier alpha value is -6.78. The van der Waals surface area contributed by atoms with Gasteiger partial charge in [-0.3, -0.25) is 0 Å². The summed E-state index contributed by atoms with van der Waals surface area (Å²) in [6.07, 6.45) is 29.8. The lowest BCUT2D eigenvalue weighted by Crippen LogP contribution is -2.43. The summed E-state index contributed by atoms with van der Waals surface area (Å²) < 4.78 is 14.7. The number of hydrogen-bond donors (Lipinski definition) is 0. The Morgan fingerprint density at radius 1 is 0.634 bits per heavy atom. The highest BCUT2D eigenvalue weighted by atomic mass is 16.5. The molecule has 0 amide bonds. The molecule has 0 spiro atoms. The Bertz CT molecular complexity index is 3630. The highest BCUT2D eigenvalue weighted by Gasteiger charge is 2.50. The number of fused-ring (bicyclic) bond motifs is 6. The molecule has 14 rings (SSSR count). The fraction of sp³-hybridized carbons (Fsp3) is 0.313. The van der Waals surface area contributed by atoms with E-state index >= 15 is 0 Å². The molecule has 71 heavy (non-hydrogen) atoms. The number of aryl methyl sites for hydroxylation is 2. The number of hydrogen-bond acceptors (Lipinski definition) is 4. The molecule has 3 atom stereocenters. The third kappa shape index (κ3) is 6.83. The molecule has 3 unspecified atom stereocenters. The third-order valence-electron chi connectivity index (χ3n) is 17.8. The Morgan fingerprint density at radius 3 is 2.15 bits per heavy atom. The standard InChI is InChI=1S/C67H64N2O2/c1-42-25-33-48(34-26-42)68(59-23-12-21-53-52-20-10-18-50(63(52)70-65(53)59)44-14-6-4-7-15-44)57-39-31-46-30-38-55-58(40-32-47-29-37-54(57)61(46)62(47)55)69(49-35-27-43(2)28-36-49)60-24-13-41-67(3)56-22-11-19-51(64(56)71-66(60)67)45-16-8-5-9-17-45/h10-13,18-27,29-30,32-38,40-41,43-45,66H,4-9,14-17,28,31,39H2,1-3H3. The van der Waals surface area contributed by atoms with Gasteiger partial charge >= 0.3 is 0 Å². The van der Waals surface area contributed by atoms with E-state index in [-0.39, 0.29) is 11.5 Å². The minimum absolute atomic E-state index is 0.175. The normalized spacial score (nSPS) is 22.2. The van der Waals surface area contributed by atoms with Gasteiger partial charge in [0.2, 0.25) is 0 Å². The van der Waals surface area contributed by atoms with Crippen molar-refractivity contribution in [2.75, 3.05) is 9.80 Å². The molecule has 354 valence electrons. The predicted molar refractivity (Wildman–Crippen MR) is 296 cm³/mol. The van der Waals surface area contributed by atoms with Gasteiger partial charge in [-0.1, -0.05) is 166 Å². The lowest BCUT2D eigenvalue weighted by atomic mass is 9.73. The first-order valence-electron chi connectivity index (χ1n) is 27.1. The number of furan rings is 1. The zero-order valence-electron chi connectivity index (χ0n) is 41.6. The second-order valence-electron chi connectivity index (χ2n) is 22.2. The van der Waals surface area contributed by atoms with E-state index < -0.39 is 0 Å². The summed E-state index contributed by atoms with van der Waals surface area (Å²) in [6, 6.07) is 44.2. The van der Waals surface area contributed by atoms with E-state index in [4.69, 9.17) is 9.15 Å². The van der Waals surface area contributed by atoms with Crippen LogP contribution in [0.25, 0.3) is 49.2 Å². The van der Waals surface area contributed by atoms with Crippen molar-refractivity contribution in [2.45, 2.75) is 128 Å². The molecule has 0 radical (unpaired) electrons. The summed E-state index contributed by atoms with van der Waals surface area (Å²) in [4.78, 5) is 5.11. The summed E-state index contributed by atoms with van der Waals surface area (Å²) in [5.41, 5.74) is 15.7. The summed E-state index contributed by atoms with van der Waals surface area (Å²) in [6.45, 7) is 6.91. The molecular formula is C67H64N2O2. The number of allylic oxidation sites excluding steroid dienone is 5. The summed E-state index contributed by atoms with van der Waals surface area (Å²) in [5.74, 6) is 2.72. The van der Waals surface area contributed by atoms with Crippen molar-refractivity contribution in [3.8, 4) is 5.75 Å². The minimum atomic E-state index is -0.304. The third-order valence-corrected chi connectivity index (χ3v) is 17.8. The van der Waals surface area contributed by atoms with Crippen LogP contribution in [-0.4, -0.2) is 6.10 Å². The van der Waals surface area contributed by atoms with Crippen LogP contribution in [0.5, 0.6) is 5.75 Å². The zero-order chi connectivity index (χ0) is 47.4. The second-order valence-corrected chi connectivity index (χ2v) is 22.2. The molecular weight excluding hydrogens is 865 g/mol. The maximum absolute atomic E-state index is 7.45. The van der Waals surface area contributed by atoms with Crippen molar-refractivity contribution in [2.24, 2.45) is 5.92 Å². The molecule has 6 aliphatic rings. The zero-order valence-corrected chi connectivity index (χ0v) is 41.6. The topological polar surface area (TPSA) is 28.9 Å². The molecule has 7 aromatic carbocycles. The van der Waals surface area contributed by atoms with Gasteiger partial charge in [-0.15, -0.1) is 0 Å². The van der Waals surface area contributed by atoms with Gasteiger partial charge < -0.3 is 19.0 Å². The molecule has 5 aliphatic carbocycles. The molecule has 0 N–H and O–H groups in total. The van der Waals surface area contributed by atoms with E-state index in [1.807, 2.05) is 0 Å². The lowest BCUT2D eigenvalue weighted by molar-refractivity contribution is 0.209. The van der Waals surface area contributed by atoms with Crippen molar-refractivity contribution in [1.29, 1.82) is 0 Å². The Labute approximate surface area is 418 Å². The largest absolute Gasteiger partial charge is 0.482 e.